The van der Waals surface area contributed by atoms with Crippen LogP contribution in [0.3, 0.4) is 0 Å². The fraction of sp³-hybridized carbons (Fsp3) is 0.538. The van der Waals surface area contributed by atoms with Gasteiger partial charge in [-0.2, -0.15) is 0 Å². The van der Waals surface area contributed by atoms with E-state index in [0.29, 0.717) is 12.8 Å². The van der Waals surface area contributed by atoms with E-state index < -0.39 is 6.17 Å². The number of halogens is 2. The minimum absolute atomic E-state index is 0.0248. The van der Waals surface area contributed by atoms with Gasteiger partial charge in [-0.3, -0.25) is 0 Å². The van der Waals surface area contributed by atoms with E-state index in [2.05, 4.69) is 5.32 Å². The Balaban J connectivity index is 2.02. The molecule has 2 unspecified atom stereocenters. The van der Waals surface area contributed by atoms with Crippen LogP contribution in [0.1, 0.15) is 18.4 Å². The summed E-state index contributed by atoms with van der Waals surface area (Å²) >= 11 is 0. The van der Waals surface area contributed by atoms with Gasteiger partial charge in [0.15, 0.2) is 0 Å². The number of rotatable bonds is 2. The highest BCUT2D eigenvalue weighted by atomic mass is 19.1. The quantitative estimate of drug-likeness (QED) is 0.816. The maximum absolute atomic E-state index is 13.8. The highest BCUT2D eigenvalue weighted by Crippen LogP contribution is 2.22. The minimum atomic E-state index is -0.765. The van der Waals surface area contributed by atoms with E-state index in [-0.39, 0.29) is 11.7 Å². The fourth-order valence-corrected chi connectivity index (χ4v) is 2.27. The van der Waals surface area contributed by atoms with Crippen LogP contribution in [0, 0.1) is 11.7 Å². The van der Waals surface area contributed by atoms with Crippen molar-refractivity contribution in [3.05, 3.63) is 35.6 Å². The van der Waals surface area contributed by atoms with Gasteiger partial charge in [0.1, 0.15) is 12.0 Å². The van der Waals surface area contributed by atoms with Gasteiger partial charge in [0.25, 0.3) is 0 Å². The van der Waals surface area contributed by atoms with Crippen LogP contribution in [0.4, 0.5) is 8.78 Å². The lowest BCUT2D eigenvalue weighted by Crippen LogP contribution is -2.18. The van der Waals surface area contributed by atoms with E-state index in [0.717, 1.165) is 25.1 Å². The van der Waals surface area contributed by atoms with E-state index in [9.17, 15) is 8.78 Å². The molecule has 1 aliphatic heterocycles. The van der Waals surface area contributed by atoms with Gasteiger partial charge < -0.3 is 5.32 Å². The molecule has 1 N–H and O–H groups in total. The predicted molar refractivity (Wildman–Crippen MR) is 60.6 cm³/mol. The van der Waals surface area contributed by atoms with Crippen LogP contribution in [0.15, 0.2) is 24.3 Å². The van der Waals surface area contributed by atoms with E-state index >= 15 is 0 Å². The van der Waals surface area contributed by atoms with Gasteiger partial charge in [-0.15, -0.1) is 0 Å². The molecule has 1 aliphatic rings. The Morgan fingerprint density at radius 2 is 2.06 bits per heavy atom. The zero-order valence-electron chi connectivity index (χ0n) is 9.26. The third-order valence-electron chi connectivity index (χ3n) is 3.19. The Morgan fingerprint density at radius 3 is 2.88 bits per heavy atom. The van der Waals surface area contributed by atoms with Crippen LogP contribution in [0.25, 0.3) is 0 Å². The van der Waals surface area contributed by atoms with Crippen molar-refractivity contribution in [2.24, 2.45) is 5.92 Å². The Hall–Kier alpha value is -0.960. The summed E-state index contributed by atoms with van der Waals surface area (Å²) in [6, 6.07) is 6.48. The van der Waals surface area contributed by atoms with Gasteiger partial charge in [-0.25, -0.2) is 8.78 Å². The zero-order valence-corrected chi connectivity index (χ0v) is 9.26. The molecule has 1 aromatic carbocycles. The van der Waals surface area contributed by atoms with E-state index in [1.54, 1.807) is 6.07 Å². The SMILES string of the molecule is Fc1cccc(CC2CCNCCC2F)c1. The molecule has 0 saturated carbocycles. The molecular formula is C13H17F2N. The molecule has 0 spiro atoms. The summed E-state index contributed by atoms with van der Waals surface area (Å²) < 4.78 is 26.8. The highest BCUT2D eigenvalue weighted by molar-refractivity contribution is 5.17. The lowest BCUT2D eigenvalue weighted by molar-refractivity contribution is 0.219. The van der Waals surface area contributed by atoms with Crippen LogP contribution in [-0.2, 0) is 6.42 Å². The lowest BCUT2D eigenvalue weighted by Gasteiger charge is -2.17. The Labute approximate surface area is 94.9 Å². The van der Waals surface area contributed by atoms with Crippen molar-refractivity contribution in [3.63, 3.8) is 0 Å². The maximum Gasteiger partial charge on any atom is 0.123 e. The summed E-state index contributed by atoms with van der Waals surface area (Å²) in [6.07, 6.45) is 1.27. The number of hydrogen-bond acceptors (Lipinski definition) is 1. The zero-order chi connectivity index (χ0) is 11.4. The highest BCUT2D eigenvalue weighted by Gasteiger charge is 2.23. The Kier molecular flexibility index (Phi) is 3.88. The van der Waals surface area contributed by atoms with Crippen LogP contribution < -0.4 is 5.32 Å². The van der Waals surface area contributed by atoms with Gasteiger partial charge in [0, 0.05) is 0 Å². The summed E-state index contributed by atoms with van der Waals surface area (Å²) in [6.45, 7) is 1.61. The van der Waals surface area contributed by atoms with E-state index in [4.69, 9.17) is 0 Å². The predicted octanol–water partition coefficient (Wildman–Crippen LogP) is 2.71. The molecule has 0 radical (unpaired) electrons. The van der Waals surface area contributed by atoms with Gasteiger partial charge in [-0.05, 0) is 56.0 Å². The molecule has 0 aliphatic carbocycles. The van der Waals surface area contributed by atoms with E-state index in [1.165, 1.54) is 12.1 Å². The molecule has 1 nitrogen and oxygen atoms in total. The average molecular weight is 225 g/mol. The molecule has 0 amide bonds. The van der Waals surface area contributed by atoms with Crippen molar-refractivity contribution in [3.8, 4) is 0 Å². The van der Waals surface area contributed by atoms with Crippen molar-refractivity contribution in [2.45, 2.75) is 25.4 Å². The van der Waals surface area contributed by atoms with E-state index in [1.807, 2.05) is 6.07 Å². The first-order valence-electron chi connectivity index (χ1n) is 5.85. The van der Waals surface area contributed by atoms with Crippen molar-refractivity contribution >= 4 is 0 Å². The molecule has 1 aromatic rings. The Morgan fingerprint density at radius 1 is 1.25 bits per heavy atom. The van der Waals surface area contributed by atoms with Crippen LogP contribution >= 0.6 is 0 Å². The lowest BCUT2D eigenvalue weighted by atomic mass is 9.91. The molecule has 2 rings (SSSR count). The fourth-order valence-electron chi connectivity index (χ4n) is 2.27. The van der Waals surface area contributed by atoms with Crippen molar-refractivity contribution < 1.29 is 8.78 Å². The molecule has 1 fully saturated rings. The number of benzene rings is 1. The van der Waals surface area contributed by atoms with Crippen LogP contribution in [0.5, 0.6) is 0 Å². The average Bonchev–Trinajstić information content (AvgIpc) is 2.45. The summed E-state index contributed by atoms with van der Waals surface area (Å²) in [4.78, 5) is 0. The minimum Gasteiger partial charge on any atom is -0.317 e. The van der Waals surface area contributed by atoms with Gasteiger partial charge in [0.2, 0.25) is 0 Å². The van der Waals surface area contributed by atoms with Gasteiger partial charge in [0.05, 0.1) is 0 Å². The van der Waals surface area contributed by atoms with Gasteiger partial charge >= 0.3 is 0 Å². The smallest absolute Gasteiger partial charge is 0.123 e. The molecule has 0 aromatic heterocycles. The molecule has 3 heteroatoms. The molecule has 0 bridgehead atoms. The van der Waals surface area contributed by atoms with Crippen molar-refractivity contribution in [1.29, 1.82) is 0 Å². The monoisotopic (exact) mass is 225 g/mol. The second kappa shape index (κ2) is 5.39. The maximum atomic E-state index is 13.8. The standard InChI is InChI=1S/C13H17F2N/c14-12-3-1-2-10(9-12)8-11-4-6-16-7-5-13(11)15/h1-3,9,11,13,16H,4-8H2. The van der Waals surface area contributed by atoms with Crippen LogP contribution in [-0.4, -0.2) is 19.3 Å². The summed E-state index contributed by atoms with van der Waals surface area (Å²) in [5.41, 5.74) is 0.898. The molecule has 88 valence electrons. The normalized spacial score (nSPS) is 26.4. The first-order valence-corrected chi connectivity index (χ1v) is 5.85. The summed E-state index contributed by atoms with van der Waals surface area (Å²) in [7, 11) is 0. The number of nitrogens with one attached hydrogen (secondary N) is 1. The summed E-state index contributed by atoms with van der Waals surface area (Å²) in [5, 5.41) is 3.19. The van der Waals surface area contributed by atoms with Crippen molar-refractivity contribution in [1.82, 2.24) is 5.32 Å². The Bertz CT molecular complexity index is 340. The molecular weight excluding hydrogens is 208 g/mol. The number of alkyl halides is 1. The molecule has 1 saturated heterocycles. The van der Waals surface area contributed by atoms with Crippen molar-refractivity contribution in [2.75, 3.05) is 13.1 Å². The number of hydrogen-bond donors (Lipinski definition) is 1. The first-order chi connectivity index (χ1) is 7.75. The van der Waals surface area contributed by atoms with Gasteiger partial charge in [-0.1, -0.05) is 12.1 Å². The third kappa shape index (κ3) is 3.01. The second-order valence-corrected chi connectivity index (χ2v) is 4.44. The van der Waals surface area contributed by atoms with Crippen LogP contribution in [0.2, 0.25) is 0 Å². The third-order valence-corrected chi connectivity index (χ3v) is 3.19. The first kappa shape index (κ1) is 11.5. The molecule has 2 atom stereocenters. The molecule has 16 heavy (non-hydrogen) atoms. The second-order valence-electron chi connectivity index (χ2n) is 4.44. The summed E-state index contributed by atoms with van der Waals surface area (Å²) in [5.74, 6) is -0.212. The molecule has 1 heterocycles. The largest absolute Gasteiger partial charge is 0.317 e. The topological polar surface area (TPSA) is 12.0 Å².